The molecule has 3 heteroatoms. The molecule has 0 aromatic rings. The Kier molecular flexibility index (Phi) is 5.41. The van der Waals surface area contributed by atoms with E-state index in [-0.39, 0.29) is 11.8 Å². The van der Waals surface area contributed by atoms with Crippen molar-refractivity contribution in [3.8, 4) is 18.2 Å². The fourth-order valence-corrected chi connectivity index (χ4v) is 0.953. The van der Waals surface area contributed by atoms with Crippen molar-refractivity contribution in [1.82, 2.24) is 0 Å². The second-order valence-electron chi connectivity index (χ2n) is 2.79. The third kappa shape index (κ3) is 4.31. The van der Waals surface area contributed by atoms with E-state index in [0.29, 0.717) is 19.3 Å². The molecular weight excluding hydrogens is 150 g/mol. The molecule has 0 bridgehead atoms. The van der Waals surface area contributed by atoms with Gasteiger partial charge in [-0.15, -0.1) is 0 Å². The molecule has 0 N–H and O–H groups in total. The molecule has 0 fully saturated rings. The molecule has 2 atom stereocenters. The molecule has 0 rings (SSSR count). The Hall–Kier alpha value is -1.53. The van der Waals surface area contributed by atoms with Crippen LogP contribution in [0.2, 0.25) is 0 Å². The average Bonchev–Trinajstić information content (AvgIpc) is 2.11. The number of hydrogen-bond donors (Lipinski definition) is 0. The molecule has 3 nitrogen and oxygen atoms in total. The molecule has 0 aliphatic heterocycles. The van der Waals surface area contributed by atoms with Gasteiger partial charge in [0, 0.05) is 18.3 Å². The average molecular weight is 161 g/mol. The molecule has 0 saturated carbocycles. The summed E-state index contributed by atoms with van der Waals surface area (Å²) in [4.78, 5) is 0. The summed E-state index contributed by atoms with van der Waals surface area (Å²) in [6.07, 6.45) is 1.56. The summed E-state index contributed by atoms with van der Waals surface area (Å²) in [6, 6.07) is 6.16. The monoisotopic (exact) mass is 161 g/mol. The topological polar surface area (TPSA) is 71.4 Å². The van der Waals surface area contributed by atoms with E-state index in [1.165, 1.54) is 0 Å². The lowest BCUT2D eigenvalue weighted by atomic mass is 9.94. The predicted molar refractivity (Wildman–Crippen MR) is 43.3 cm³/mol. The van der Waals surface area contributed by atoms with Crippen molar-refractivity contribution in [1.29, 1.82) is 15.8 Å². The highest BCUT2D eigenvalue weighted by Gasteiger charge is 2.11. The highest BCUT2D eigenvalue weighted by molar-refractivity contribution is 4.91. The van der Waals surface area contributed by atoms with Crippen LogP contribution in [0.1, 0.15) is 26.2 Å². The van der Waals surface area contributed by atoms with Crippen LogP contribution in [0, 0.1) is 45.8 Å². The van der Waals surface area contributed by atoms with E-state index in [2.05, 4.69) is 12.1 Å². The first-order valence-corrected chi connectivity index (χ1v) is 3.90. The van der Waals surface area contributed by atoms with Gasteiger partial charge in [0.2, 0.25) is 0 Å². The predicted octanol–water partition coefficient (Wildman–Crippen LogP) is 1.98. The van der Waals surface area contributed by atoms with Crippen LogP contribution in [-0.2, 0) is 0 Å². The highest BCUT2D eigenvalue weighted by Crippen LogP contribution is 2.15. The summed E-state index contributed by atoms with van der Waals surface area (Å²) in [5.74, 6) is -0.229. The van der Waals surface area contributed by atoms with Gasteiger partial charge >= 0.3 is 0 Å². The van der Waals surface area contributed by atoms with Crippen LogP contribution in [0.3, 0.4) is 0 Å². The first kappa shape index (κ1) is 10.5. The number of nitriles is 3. The molecule has 0 saturated heterocycles. The summed E-state index contributed by atoms with van der Waals surface area (Å²) in [5.41, 5.74) is 0. The molecule has 0 aromatic heterocycles. The largest absolute Gasteiger partial charge is 0.198 e. The van der Waals surface area contributed by atoms with E-state index in [4.69, 9.17) is 15.8 Å². The zero-order valence-electron chi connectivity index (χ0n) is 7.12. The van der Waals surface area contributed by atoms with Crippen molar-refractivity contribution in [3.63, 3.8) is 0 Å². The normalized spacial score (nSPS) is 13.5. The molecule has 0 radical (unpaired) electrons. The van der Waals surface area contributed by atoms with Gasteiger partial charge in [-0.25, -0.2) is 0 Å². The highest BCUT2D eigenvalue weighted by atomic mass is 14.3. The third-order valence-corrected chi connectivity index (χ3v) is 1.65. The minimum atomic E-state index is -0.140. The summed E-state index contributed by atoms with van der Waals surface area (Å²) >= 11 is 0. The fourth-order valence-electron chi connectivity index (χ4n) is 0.953. The maximum absolute atomic E-state index is 8.63. The van der Waals surface area contributed by atoms with Gasteiger partial charge in [-0.1, -0.05) is 0 Å². The Morgan fingerprint density at radius 3 is 2.25 bits per heavy atom. The lowest BCUT2D eigenvalue weighted by Crippen LogP contribution is -2.02. The molecule has 0 amide bonds. The Bertz CT molecular complexity index is 238. The van der Waals surface area contributed by atoms with Crippen LogP contribution >= 0.6 is 0 Å². The molecule has 62 valence electrons. The standard InChI is InChI=1S/C9H11N3/c1-8(6-11)5-9(7-12)3-2-4-10/h8-9H,2-3,5H2,1H3. The van der Waals surface area contributed by atoms with E-state index < -0.39 is 0 Å². The lowest BCUT2D eigenvalue weighted by molar-refractivity contribution is 0.500. The van der Waals surface area contributed by atoms with E-state index in [1.807, 2.05) is 6.07 Å². The van der Waals surface area contributed by atoms with Crippen molar-refractivity contribution in [3.05, 3.63) is 0 Å². The number of rotatable bonds is 4. The SMILES string of the molecule is CC(C#N)CC(C#N)CCC#N. The van der Waals surface area contributed by atoms with Crippen LogP contribution in [0.15, 0.2) is 0 Å². The molecule has 0 aliphatic carbocycles. The first-order valence-electron chi connectivity index (χ1n) is 3.90. The smallest absolute Gasteiger partial charge is 0.0656 e. The van der Waals surface area contributed by atoms with E-state index in [9.17, 15) is 0 Å². The maximum Gasteiger partial charge on any atom is 0.0656 e. The molecule has 0 aliphatic rings. The minimum Gasteiger partial charge on any atom is -0.198 e. The molecule has 0 spiro atoms. The Morgan fingerprint density at radius 1 is 1.17 bits per heavy atom. The minimum absolute atomic E-state index is 0.0895. The zero-order valence-corrected chi connectivity index (χ0v) is 7.12. The van der Waals surface area contributed by atoms with Gasteiger partial charge in [-0.3, -0.25) is 0 Å². The van der Waals surface area contributed by atoms with Gasteiger partial charge in [0.15, 0.2) is 0 Å². The first-order chi connectivity index (χ1) is 5.74. The van der Waals surface area contributed by atoms with Crippen molar-refractivity contribution >= 4 is 0 Å². The zero-order chi connectivity index (χ0) is 9.40. The van der Waals surface area contributed by atoms with Crippen molar-refractivity contribution in [2.45, 2.75) is 26.2 Å². The summed E-state index contributed by atoms with van der Waals surface area (Å²) in [6.45, 7) is 1.79. The molecule has 0 aromatic carbocycles. The second kappa shape index (κ2) is 6.20. The Labute approximate surface area is 72.8 Å². The van der Waals surface area contributed by atoms with E-state index in [1.54, 1.807) is 6.92 Å². The van der Waals surface area contributed by atoms with E-state index in [0.717, 1.165) is 0 Å². The molecule has 2 unspecified atom stereocenters. The molecule has 0 heterocycles. The summed E-state index contributed by atoms with van der Waals surface area (Å²) < 4.78 is 0. The maximum atomic E-state index is 8.63. The third-order valence-electron chi connectivity index (χ3n) is 1.65. The van der Waals surface area contributed by atoms with Gasteiger partial charge in [-0.05, 0) is 19.8 Å². The van der Waals surface area contributed by atoms with Crippen LogP contribution in [-0.4, -0.2) is 0 Å². The van der Waals surface area contributed by atoms with Crippen LogP contribution in [0.4, 0.5) is 0 Å². The summed E-state index contributed by atoms with van der Waals surface area (Å²) in [5, 5.41) is 25.4. The molecule has 12 heavy (non-hydrogen) atoms. The van der Waals surface area contributed by atoms with Crippen molar-refractivity contribution in [2.24, 2.45) is 11.8 Å². The van der Waals surface area contributed by atoms with Crippen molar-refractivity contribution < 1.29 is 0 Å². The number of hydrogen-bond acceptors (Lipinski definition) is 3. The van der Waals surface area contributed by atoms with Crippen LogP contribution in [0.25, 0.3) is 0 Å². The van der Waals surface area contributed by atoms with E-state index >= 15 is 0 Å². The van der Waals surface area contributed by atoms with Crippen LogP contribution in [0.5, 0.6) is 0 Å². The Balaban J connectivity index is 3.80. The number of nitrogens with zero attached hydrogens (tertiary/aromatic N) is 3. The second-order valence-corrected chi connectivity index (χ2v) is 2.79. The quantitative estimate of drug-likeness (QED) is 0.632. The van der Waals surface area contributed by atoms with Crippen molar-refractivity contribution in [2.75, 3.05) is 0 Å². The summed E-state index contributed by atoms with van der Waals surface area (Å²) in [7, 11) is 0. The van der Waals surface area contributed by atoms with Gasteiger partial charge < -0.3 is 0 Å². The van der Waals surface area contributed by atoms with Gasteiger partial charge in [-0.2, -0.15) is 15.8 Å². The lowest BCUT2D eigenvalue weighted by Gasteiger charge is -2.06. The Morgan fingerprint density at radius 2 is 1.83 bits per heavy atom. The molecular formula is C9H11N3. The van der Waals surface area contributed by atoms with Gasteiger partial charge in [0.25, 0.3) is 0 Å². The van der Waals surface area contributed by atoms with Gasteiger partial charge in [0.05, 0.1) is 18.2 Å². The van der Waals surface area contributed by atoms with Crippen LogP contribution < -0.4 is 0 Å². The fraction of sp³-hybridized carbons (Fsp3) is 0.667. The van der Waals surface area contributed by atoms with Gasteiger partial charge in [0.1, 0.15) is 0 Å².